The molecule has 200 valence electrons. The standard InChI is InChI=1S/C25H13ClF5N3O5/c1-34-23(37)14-8-16(32-21(35)9-4-10(25(29,30)31)6-12(28)5-9)17-18(20(14)39-24(34)38)22(36)33-19(17)13-7-11(27)2-3-15(13)26/h2-8,19H,1H3,(H,32,35)(H,33,36). The molecule has 2 N–H and O–H groups in total. The molecule has 2 heterocycles. The van der Waals surface area contributed by atoms with Crippen LogP contribution in [0.3, 0.4) is 0 Å². The Balaban J connectivity index is 1.76. The number of alkyl halides is 3. The number of rotatable bonds is 3. The summed E-state index contributed by atoms with van der Waals surface area (Å²) in [6.07, 6.45) is -4.96. The van der Waals surface area contributed by atoms with E-state index in [1.165, 1.54) is 6.07 Å². The van der Waals surface area contributed by atoms with Crippen molar-refractivity contribution in [2.45, 2.75) is 12.2 Å². The van der Waals surface area contributed by atoms with Crippen molar-refractivity contribution in [3.63, 3.8) is 0 Å². The number of aromatic nitrogens is 1. The lowest BCUT2D eigenvalue weighted by Crippen LogP contribution is -2.30. The number of nitrogens with zero attached hydrogens (tertiary/aromatic N) is 1. The van der Waals surface area contributed by atoms with Gasteiger partial charge in [0.15, 0.2) is 5.58 Å². The van der Waals surface area contributed by atoms with Gasteiger partial charge in [-0.2, -0.15) is 13.2 Å². The van der Waals surface area contributed by atoms with Gasteiger partial charge < -0.3 is 15.1 Å². The molecule has 1 aliphatic rings. The first kappa shape index (κ1) is 26.1. The quantitative estimate of drug-likeness (QED) is 0.355. The number of nitrogens with one attached hydrogen (secondary N) is 2. The molecule has 1 aromatic heterocycles. The van der Waals surface area contributed by atoms with Crippen molar-refractivity contribution in [3.05, 3.63) is 108 Å². The van der Waals surface area contributed by atoms with Gasteiger partial charge in [-0.05, 0) is 42.5 Å². The molecule has 3 aromatic carbocycles. The highest BCUT2D eigenvalue weighted by atomic mass is 35.5. The smallest absolute Gasteiger partial charge is 0.408 e. The summed E-state index contributed by atoms with van der Waals surface area (Å²) in [6.45, 7) is 0. The largest absolute Gasteiger partial charge is 0.422 e. The van der Waals surface area contributed by atoms with Crippen LogP contribution in [0.2, 0.25) is 5.02 Å². The van der Waals surface area contributed by atoms with Crippen LogP contribution in [0.4, 0.5) is 27.6 Å². The Morgan fingerprint density at radius 2 is 1.77 bits per heavy atom. The molecular weight excluding hydrogens is 553 g/mol. The molecule has 0 fully saturated rings. The average molecular weight is 566 g/mol. The normalized spacial score (nSPS) is 14.8. The van der Waals surface area contributed by atoms with Crippen molar-refractivity contribution in [2.75, 3.05) is 5.32 Å². The Kier molecular flexibility index (Phi) is 6.06. The van der Waals surface area contributed by atoms with E-state index in [1.807, 2.05) is 0 Å². The van der Waals surface area contributed by atoms with Gasteiger partial charge >= 0.3 is 11.9 Å². The Labute approximate surface area is 218 Å². The predicted molar refractivity (Wildman–Crippen MR) is 128 cm³/mol. The molecule has 14 heteroatoms. The van der Waals surface area contributed by atoms with E-state index in [0.717, 1.165) is 25.2 Å². The molecule has 1 atom stereocenters. The van der Waals surface area contributed by atoms with Gasteiger partial charge in [0.05, 0.1) is 22.6 Å². The first-order valence-corrected chi connectivity index (χ1v) is 11.3. The first-order valence-electron chi connectivity index (χ1n) is 10.9. The summed E-state index contributed by atoms with van der Waals surface area (Å²) in [5.41, 5.74) is -4.23. The number of carbonyl (C=O) groups is 2. The average Bonchev–Trinajstić information content (AvgIpc) is 3.21. The molecule has 0 saturated carbocycles. The summed E-state index contributed by atoms with van der Waals surface area (Å²) in [7, 11) is 1.10. The number of hydrogen-bond donors (Lipinski definition) is 2. The molecule has 0 radical (unpaired) electrons. The maximum atomic E-state index is 14.1. The number of amides is 2. The molecule has 5 rings (SSSR count). The minimum atomic E-state index is -4.96. The zero-order valence-corrected chi connectivity index (χ0v) is 20.1. The van der Waals surface area contributed by atoms with Crippen LogP contribution in [-0.2, 0) is 13.2 Å². The fourth-order valence-electron chi connectivity index (χ4n) is 4.32. The monoisotopic (exact) mass is 565 g/mol. The second-order valence-corrected chi connectivity index (χ2v) is 8.98. The first-order chi connectivity index (χ1) is 18.3. The van der Waals surface area contributed by atoms with E-state index in [9.17, 15) is 41.1 Å². The summed E-state index contributed by atoms with van der Waals surface area (Å²) in [4.78, 5) is 51.1. The van der Waals surface area contributed by atoms with Crippen LogP contribution in [-0.4, -0.2) is 16.4 Å². The number of fused-ring (bicyclic) bond motifs is 3. The lowest BCUT2D eigenvalue weighted by atomic mass is 9.94. The van der Waals surface area contributed by atoms with E-state index >= 15 is 0 Å². The van der Waals surface area contributed by atoms with E-state index in [2.05, 4.69) is 10.6 Å². The van der Waals surface area contributed by atoms with Gasteiger partial charge in [-0.1, -0.05) is 11.6 Å². The highest BCUT2D eigenvalue weighted by molar-refractivity contribution is 6.31. The molecule has 1 unspecified atom stereocenters. The van der Waals surface area contributed by atoms with Crippen LogP contribution in [0.1, 0.15) is 43.4 Å². The maximum Gasteiger partial charge on any atom is 0.422 e. The zero-order valence-electron chi connectivity index (χ0n) is 19.4. The van der Waals surface area contributed by atoms with Gasteiger partial charge in [-0.15, -0.1) is 0 Å². The SMILES string of the molecule is Cn1c(=O)oc2c3c(c(NC(=O)c4cc(F)cc(C(F)(F)F)c4)cc2c1=O)C(c1cc(F)ccc1Cl)NC3=O. The van der Waals surface area contributed by atoms with Gasteiger partial charge in [0.2, 0.25) is 0 Å². The molecule has 0 spiro atoms. The fraction of sp³-hybridized carbons (Fsp3) is 0.120. The molecule has 8 nitrogen and oxygen atoms in total. The molecule has 0 saturated heterocycles. The molecule has 39 heavy (non-hydrogen) atoms. The van der Waals surface area contributed by atoms with Gasteiger partial charge in [-0.3, -0.25) is 14.4 Å². The lowest BCUT2D eigenvalue weighted by Gasteiger charge is -2.19. The van der Waals surface area contributed by atoms with Gasteiger partial charge in [0.1, 0.15) is 11.6 Å². The topological polar surface area (TPSA) is 110 Å². The Hall–Kier alpha value is -4.52. The van der Waals surface area contributed by atoms with E-state index in [1.54, 1.807) is 0 Å². The number of halogens is 6. The minimum Gasteiger partial charge on any atom is -0.408 e. The van der Waals surface area contributed by atoms with E-state index in [4.69, 9.17) is 16.0 Å². The highest BCUT2D eigenvalue weighted by Crippen LogP contribution is 2.42. The van der Waals surface area contributed by atoms with E-state index in [-0.39, 0.29) is 38.9 Å². The number of anilines is 1. The molecule has 0 aliphatic carbocycles. The fourth-order valence-corrected chi connectivity index (χ4v) is 4.54. The second-order valence-electron chi connectivity index (χ2n) is 8.57. The van der Waals surface area contributed by atoms with Crippen molar-refractivity contribution in [2.24, 2.45) is 7.05 Å². The Morgan fingerprint density at radius 1 is 1.05 bits per heavy atom. The van der Waals surface area contributed by atoms with Crippen molar-refractivity contribution >= 4 is 40.1 Å². The molecule has 2 amide bonds. The van der Waals surface area contributed by atoms with Crippen molar-refractivity contribution < 1.29 is 36.0 Å². The van der Waals surface area contributed by atoms with Gasteiger partial charge in [0, 0.05) is 34.4 Å². The number of carbonyl (C=O) groups excluding carboxylic acids is 2. The van der Waals surface area contributed by atoms with Crippen molar-refractivity contribution in [1.82, 2.24) is 9.88 Å². The molecule has 0 bridgehead atoms. The van der Waals surface area contributed by atoms with Crippen LogP contribution < -0.4 is 21.9 Å². The van der Waals surface area contributed by atoms with Gasteiger partial charge in [-0.25, -0.2) is 18.1 Å². The van der Waals surface area contributed by atoms with Gasteiger partial charge in [0.25, 0.3) is 17.4 Å². The lowest BCUT2D eigenvalue weighted by molar-refractivity contribution is -0.137. The number of benzene rings is 3. The third kappa shape index (κ3) is 4.44. The van der Waals surface area contributed by atoms with Crippen LogP contribution in [0.5, 0.6) is 0 Å². The van der Waals surface area contributed by atoms with E-state index < -0.39 is 63.7 Å². The summed E-state index contributed by atoms with van der Waals surface area (Å²) < 4.78 is 73.5. The highest BCUT2D eigenvalue weighted by Gasteiger charge is 2.38. The molecular formula is C25H13ClF5N3O5. The van der Waals surface area contributed by atoms with Crippen LogP contribution >= 0.6 is 11.6 Å². The van der Waals surface area contributed by atoms with E-state index in [0.29, 0.717) is 16.7 Å². The van der Waals surface area contributed by atoms with Crippen LogP contribution in [0.15, 0.2) is 56.5 Å². The molecule has 1 aliphatic heterocycles. The van der Waals surface area contributed by atoms with Crippen molar-refractivity contribution in [3.8, 4) is 0 Å². The second kappa shape index (κ2) is 9.05. The van der Waals surface area contributed by atoms with Crippen LogP contribution in [0, 0.1) is 11.6 Å². The van der Waals surface area contributed by atoms with Crippen molar-refractivity contribution in [1.29, 1.82) is 0 Å². The number of hydrogen-bond acceptors (Lipinski definition) is 5. The summed E-state index contributed by atoms with van der Waals surface area (Å²) >= 11 is 6.23. The Bertz CT molecular complexity index is 1850. The Morgan fingerprint density at radius 3 is 2.46 bits per heavy atom. The zero-order chi connectivity index (χ0) is 28.4. The predicted octanol–water partition coefficient (Wildman–Crippen LogP) is 4.53. The molecule has 4 aromatic rings. The summed E-state index contributed by atoms with van der Waals surface area (Å²) in [6, 6.07) is 4.25. The summed E-state index contributed by atoms with van der Waals surface area (Å²) in [5, 5.41) is 4.49. The minimum absolute atomic E-state index is 0.00250. The third-order valence-corrected chi connectivity index (χ3v) is 6.46. The summed E-state index contributed by atoms with van der Waals surface area (Å²) in [5.74, 6) is -5.28. The van der Waals surface area contributed by atoms with Crippen LogP contribution in [0.25, 0.3) is 11.0 Å². The maximum absolute atomic E-state index is 14.1. The third-order valence-electron chi connectivity index (χ3n) is 6.11.